The summed E-state index contributed by atoms with van der Waals surface area (Å²) in [6.07, 6.45) is 0.857. The van der Waals surface area contributed by atoms with Gasteiger partial charge < -0.3 is 4.90 Å². The van der Waals surface area contributed by atoms with E-state index in [1.807, 2.05) is 0 Å². The predicted octanol–water partition coefficient (Wildman–Crippen LogP) is 2.96. The average molecular weight is 288 g/mol. The van der Waals surface area contributed by atoms with Gasteiger partial charge in [0, 0.05) is 19.3 Å². The summed E-state index contributed by atoms with van der Waals surface area (Å²) in [4.78, 5) is 15.1. The Balaban J connectivity index is 2.94. The van der Waals surface area contributed by atoms with E-state index in [-0.39, 0.29) is 18.7 Å². The Bertz CT molecular complexity index is 534. The number of hydrogen-bond acceptors (Lipinski definition) is 2. The first-order chi connectivity index (χ1) is 9.38. The Hall–Kier alpha value is -2.18. The molecule has 0 atom stereocenters. The lowest BCUT2D eigenvalue weighted by Crippen LogP contribution is -2.18. The topological polar surface area (TPSA) is 32.7 Å². The van der Waals surface area contributed by atoms with Gasteiger partial charge in [0.25, 0.3) is 0 Å². The molecule has 0 saturated heterocycles. The number of rotatable bonds is 5. The summed E-state index contributed by atoms with van der Waals surface area (Å²) < 4.78 is 52.2. The zero-order valence-electron chi connectivity index (χ0n) is 10.7. The van der Waals surface area contributed by atoms with Crippen molar-refractivity contribution in [2.24, 2.45) is 4.99 Å². The Morgan fingerprint density at radius 3 is 2.35 bits per heavy atom. The number of benzene rings is 1. The largest absolute Gasteiger partial charge is 0.371 e. The van der Waals surface area contributed by atoms with Crippen LogP contribution in [0.15, 0.2) is 29.2 Å². The summed E-state index contributed by atoms with van der Waals surface area (Å²) in [5, 5.41) is 0. The molecule has 0 aliphatic heterocycles. The molecule has 0 heterocycles. The maximum absolute atomic E-state index is 13.3. The second-order valence-corrected chi connectivity index (χ2v) is 3.88. The maximum Gasteiger partial charge on any atom is 0.306 e. The van der Waals surface area contributed by atoms with Crippen molar-refractivity contribution < 1.29 is 22.4 Å². The number of nitrogens with zero attached hydrogens (tertiary/aromatic N) is 2. The molecule has 0 saturated carbocycles. The highest BCUT2D eigenvalue weighted by Gasteiger charge is 2.13. The van der Waals surface area contributed by atoms with E-state index in [1.54, 1.807) is 6.92 Å². The van der Waals surface area contributed by atoms with E-state index in [0.29, 0.717) is 0 Å². The molecular weight excluding hydrogens is 276 g/mol. The van der Waals surface area contributed by atoms with Gasteiger partial charge in [0.2, 0.25) is 5.83 Å². The van der Waals surface area contributed by atoms with E-state index in [9.17, 15) is 22.4 Å². The molecule has 7 heteroatoms. The molecule has 0 aliphatic carbocycles. The minimum Gasteiger partial charge on any atom is -0.371 e. The normalized spacial score (nSPS) is 11.3. The lowest BCUT2D eigenvalue weighted by Gasteiger charge is -2.18. The summed E-state index contributed by atoms with van der Waals surface area (Å²) in [5.41, 5.74) is 0.103. The van der Waals surface area contributed by atoms with Crippen molar-refractivity contribution in [2.75, 3.05) is 6.54 Å². The van der Waals surface area contributed by atoms with Crippen molar-refractivity contribution in [1.82, 2.24) is 4.90 Å². The van der Waals surface area contributed by atoms with Crippen LogP contribution in [0.4, 0.5) is 17.6 Å². The summed E-state index contributed by atoms with van der Waals surface area (Å²) in [6, 6.07) is 1.61. The fourth-order valence-electron chi connectivity index (χ4n) is 1.47. The first-order valence-electron chi connectivity index (χ1n) is 5.64. The summed E-state index contributed by atoms with van der Waals surface area (Å²) in [6.45, 7) is 4.70. The zero-order chi connectivity index (χ0) is 15.3. The molecule has 1 aromatic carbocycles. The lowest BCUT2D eigenvalue weighted by atomic mass is 10.2. The number of amides is 1. The van der Waals surface area contributed by atoms with Gasteiger partial charge >= 0.3 is 5.91 Å². The van der Waals surface area contributed by atoms with Crippen molar-refractivity contribution in [3.63, 3.8) is 0 Å². The van der Waals surface area contributed by atoms with Gasteiger partial charge in [0.1, 0.15) is 0 Å². The number of halogens is 4. The molecule has 0 bridgehead atoms. The predicted molar refractivity (Wildman–Crippen MR) is 66.1 cm³/mol. The molecule has 0 N–H and O–H groups in total. The summed E-state index contributed by atoms with van der Waals surface area (Å²) in [7, 11) is 0. The molecule has 1 amide bonds. The standard InChI is InChI=1S/C13H12F4N2O/c1-3-19(7-11(16)13(20)18-2)6-8-4-9(14)12(17)10(15)5-8/h4-5,7H,2-3,6H2,1H3/b11-7+. The number of aliphatic imine (C=N–C) groups is 1. The molecule has 0 unspecified atom stereocenters. The van der Waals surface area contributed by atoms with Crippen LogP contribution in [0.2, 0.25) is 0 Å². The van der Waals surface area contributed by atoms with Gasteiger partial charge in [-0.15, -0.1) is 0 Å². The number of hydrogen-bond donors (Lipinski definition) is 0. The van der Waals surface area contributed by atoms with Crippen LogP contribution in [0, 0.1) is 17.5 Å². The Morgan fingerprint density at radius 2 is 1.90 bits per heavy atom. The van der Waals surface area contributed by atoms with Gasteiger partial charge in [-0.3, -0.25) is 4.79 Å². The molecule has 20 heavy (non-hydrogen) atoms. The molecule has 0 fully saturated rings. The van der Waals surface area contributed by atoms with E-state index in [0.717, 1.165) is 18.3 Å². The van der Waals surface area contributed by atoms with Crippen LogP contribution in [-0.4, -0.2) is 24.1 Å². The quantitative estimate of drug-likeness (QED) is 0.361. The van der Waals surface area contributed by atoms with Crippen LogP contribution >= 0.6 is 0 Å². The van der Waals surface area contributed by atoms with Crippen molar-refractivity contribution in [2.45, 2.75) is 13.5 Å². The van der Waals surface area contributed by atoms with Crippen LogP contribution < -0.4 is 0 Å². The SMILES string of the molecule is C=NC(=O)/C(F)=C\N(CC)Cc1cc(F)c(F)c(F)c1. The maximum atomic E-state index is 13.3. The van der Waals surface area contributed by atoms with Crippen LogP contribution in [0.1, 0.15) is 12.5 Å². The minimum absolute atomic E-state index is 0.0948. The molecule has 0 aromatic heterocycles. The summed E-state index contributed by atoms with van der Waals surface area (Å²) in [5.74, 6) is -6.51. The molecule has 0 aliphatic rings. The highest BCUT2D eigenvalue weighted by molar-refractivity contribution is 5.94. The second kappa shape index (κ2) is 6.83. The summed E-state index contributed by atoms with van der Waals surface area (Å²) >= 11 is 0. The van der Waals surface area contributed by atoms with Gasteiger partial charge in [0.15, 0.2) is 17.5 Å². The molecule has 3 nitrogen and oxygen atoms in total. The monoisotopic (exact) mass is 288 g/mol. The molecule has 0 radical (unpaired) electrons. The average Bonchev–Trinajstić information content (AvgIpc) is 2.42. The first-order valence-corrected chi connectivity index (χ1v) is 5.64. The van der Waals surface area contributed by atoms with Gasteiger partial charge in [-0.05, 0) is 31.3 Å². The third kappa shape index (κ3) is 3.91. The van der Waals surface area contributed by atoms with Crippen molar-refractivity contribution in [3.8, 4) is 0 Å². The van der Waals surface area contributed by atoms with Crippen LogP contribution in [-0.2, 0) is 11.3 Å². The number of carbonyl (C=O) groups excluding carboxylic acids is 1. The van der Waals surface area contributed by atoms with Crippen LogP contribution in [0.25, 0.3) is 0 Å². The molecule has 1 rings (SSSR count). The number of carbonyl (C=O) groups is 1. The third-order valence-corrected chi connectivity index (χ3v) is 2.48. The lowest BCUT2D eigenvalue weighted by molar-refractivity contribution is -0.115. The first kappa shape index (κ1) is 15.9. The van der Waals surface area contributed by atoms with Crippen molar-refractivity contribution in [1.29, 1.82) is 0 Å². The Labute approximate surface area is 113 Å². The zero-order valence-corrected chi connectivity index (χ0v) is 10.7. The van der Waals surface area contributed by atoms with Gasteiger partial charge in [-0.1, -0.05) is 0 Å². The van der Waals surface area contributed by atoms with Crippen LogP contribution in [0.3, 0.4) is 0 Å². The molecule has 0 spiro atoms. The third-order valence-electron chi connectivity index (χ3n) is 2.48. The Morgan fingerprint density at radius 1 is 1.35 bits per heavy atom. The smallest absolute Gasteiger partial charge is 0.306 e. The Kier molecular flexibility index (Phi) is 5.42. The molecular formula is C13H12F4N2O. The second-order valence-electron chi connectivity index (χ2n) is 3.88. The van der Waals surface area contributed by atoms with E-state index in [2.05, 4.69) is 11.7 Å². The molecule has 1 aromatic rings. The van der Waals surface area contributed by atoms with E-state index in [4.69, 9.17) is 0 Å². The van der Waals surface area contributed by atoms with Gasteiger partial charge in [-0.2, -0.15) is 4.39 Å². The fourth-order valence-corrected chi connectivity index (χ4v) is 1.47. The highest BCUT2D eigenvalue weighted by Crippen LogP contribution is 2.16. The van der Waals surface area contributed by atoms with E-state index in [1.165, 1.54) is 4.90 Å². The highest BCUT2D eigenvalue weighted by atomic mass is 19.2. The van der Waals surface area contributed by atoms with E-state index < -0.39 is 29.2 Å². The van der Waals surface area contributed by atoms with Gasteiger partial charge in [0.05, 0.1) is 0 Å². The molecule has 108 valence electrons. The van der Waals surface area contributed by atoms with Crippen LogP contribution in [0.5, 0.6) is 0 Å². The van der Waals surface area contributed by atoms with Crippen molar-refractivity contribution >= 4 is 12.6 Å². The van der Waals surface area contributed by atoms with E-state index >= 15 is 0 Å². The van der Waals surface area contributed by atoms with Crippen molar-refractivity contribution in [3.05, 3.63) is 47.2 Å². The van der Waals surface area contributed by atoms with Gasteiger partial charge in [-0.25, -0.2) is 18.2 Å². The fraction of sp³-hybridized carbons (Fsp3) is 0.231. The minimum atomic E-state index is -1.57.